The molecule has 0 radical (unpaired) electrons. The van der Waals surface area contributed by atoms with Crippen LogP contribution in [-0.4, -0.2) is 24.7 Å². The molecule has 0 spiro atoms. The maximum absolute atomic E-state index is 12.2. The van der Waals surface area contributed by atoms with Crippen LogP contribution in [0.4, 0.5) is 11.5 Å². The van der Waals surface area contributed by atoms with Crippen molar-refractivity contribution in [1.29, 1.82) is 0 Å². The second kappa shape index (κ2) is 7.53. The number of ether oxygens (including phenoxy) is 1. The lowest BCUT2D eigenvalue weighted by molar-refractivity contribution is -0.115. The quantitative estimate of drug-likeness (QED) is 0.740. The van der Waals surface area contributed by atoms with Crippen LogP contribution in [0, 0.1) is 6.92 Å². The van der Waals surface area contributed by atoms with Gasteiger partial charge in [0.2, 0.25) is 5.91 Å². The van der Waals surface area contributed by atoms with E-state index in [-0.39, 0.29) is 12.5 Å². The van der Waals surface area contributed by atoms with Crippen molar-refractivity contribution in [3.05, 3.63) is 66.4 Å². The van der Waals surface area contributed by atoms with E-state index in [1.807, 2.05) is 66.5 Å². The third kappa shape index (κ3) is 4.38. The number of benzene rings is 2. The third-order valence-electron chi connectivity index (χ3n) is 3.52. The molecule has 6 nitrogen and oxygen atoms in total. The number of hydrogen-bond acceptors (Lipinski definition) is 5. The highest BCUT2D eigenvalue weighted by molar-refractivity contribution is 5.93. The Morgan fingerprint density at radius 3 is 2.60 bits per heavy atom. The average molecular weight is 337 g/mol. The zero-order valence-electron chi connectivity index (χ0n) is 14.1. The van der Waals surface area contributed by atoms with E-state index in [0.717, 1.165) is 11.4 Å². The molecule has 0 aliphatic rings. The van der Waals surface area contributed by atoms with Crippen LogP contribution in [-0.2, 0) is 4.79 Å². The van der Waals surface area contributed by atoms with Crippen molar-refractivity contribution in [2.45, 2.75) is 6.92 Å². The smallest absolute Gasteiger partial charge is 0.245 e. The van der Waals surface area contributed by atoms with Crippen LogP contribution in [0.15, 0.2) is 65.2 Å². The fourth-order valence-corrected chi connectivity index (χ4v) is 2.38. The number of para-hydroxylation sites is 3. The number of anilines is 2. The summed E-state index contributed by atoms with van der Waals surface area (Å²) in [5.41, 5.74) is 0.817. The Morgan fingerprint density at radius 2 is 1.88 bits per heavy atom. The van der Waals surface area contributed by atoms with Gasteiger partial charge in [-0.05, 0) is 31.2 Å². The summed E-state index contributed by atoms with van der Waals surface area (Å²) in [5.74, 6) is 2.28. The maximum atomic E-state index is 12.2. The highest BCUT2D eigenvalue weighted by atomic mass is 16.5. The van der Waals surface area contributed by atoms with Crippen LogP contribution >= 0.6 is 0 Å². The predicted octanol–water partition coefficient (Wildman–Crippen LogP) is 3.85. The molecule has 0 atom stereocenters. The fraction of sp³-hybridized carbons (Fsp3) is 0.158. The summed E-state index contributed by atoms with van der Waals surface area (Å²) in [6.07, 6.45) is 0. The highest BCUT2D eigenvalue weighted by Crippen LogP contribution is 2.31. The van der Waals surface area contributed by atoms with Crippen LogP contribution < -0.4 is 15.0 Å². The minimum atomic E-state index is -0.190. The van der Waals surface area contributed by atoms with Crippen LogP contribution in [0.3, 0.4) is 0 Å². The van der Waals surface area contributed by atoms with Crippen molar-refractivity contribution in [1.82, 2.24) is 5.16 Å². The summed E-state index contributed by atoms with van der Waals surface area (Å²) in [6.45, 7) is 1.92. The summed E-state index contributed by atoms with van der Waals surface area (Å²) in [6, 6.07) is 18.8. The van der Waals surface area contributed by atoms with E-state index in [1.165, 1.54) is 0 Å². The van der Waals surface area contributed by atoms with Gasteiger partial charge in [-0.2, -0.15) is 0 Å². The fourth-order valence-electron chi connectivity index (χ4n) is 2.38. The van der Waals surface area contributed by atoms with Crippen LogP contribution in [0.5, 0.6) is 11.5 Å². The van der Waals surface area contributed by atoms with Crippen molar-refractivity contribution >= 4 is 17.4 Å². The van der Waals surface area contributed by atoms with Gasteiger partial charge in [0, 0.05) is 13.1 Å². The SMILES string of the molecule is Cc1cc(NC(=O)CN(C)c2ccccc2Oc2ccccc2)no1. The Kier molecular flexibility index (Phi) is 4.99. The van der Waals surface area contributed by atoms with Gasteiger partial charge in [0.25, 0.3) is 0 Å². The summed E-state index contributed by atoms with van der Waals surface area (Å²) >= 11 is 0. The molecule has 1 amide bonds. The van der Waals surface area contributed by atoms with Gasteiger partial charge in [-0.3, -0.25) is 4.79 Å². The number of nitrogens with one attached hydrogen (secondary N) is 1. The van der Waals surface area contributed by atoms with Gasteiger partial charge in [-0.25, -0.2) is 0 Å². The zero-order valence-corrected chi connectivity index (χ0v) is 14.1. The minimum Gasteiger partial charge on any atom is -0.455 e. The highest BCUT2D eigenvalue weighted by Gasteiger charge is 2.13. The van der Waals surface area contributed by atoms with E-state index in [9.17, 15) is 4.79 Å². The van der Waals surface area contributed by atoms with Gasteiger partial charge in [0.15, 0.2) is 11.6 Å². The second-order valence-corrected chi connectivity index (χ2v) is 5.61. The molecule has 0 fully saturated rings. The molecule has 0 bridgehead atoms. The molecule has 6 heteroatoms. The van der Waals surface area contributed by atoms with Crippen LogP contribution in [0.1, 0.15) is 5.76 Å². The molecular formula is C19H19N3O3. The zero-order chi connectivity index (χ0) is 17.6. The second-order valence-electron chi connectivity index (χ2n) is 5.61. The first kappa shape index (κ1) is 16.6. The molecule has 128 valence electrons. The number of amides is 1. The van der Waals surface area contributed by atoms with Crippen LogP contribution in [0.25, 0.3) is 0 Å². The van der Waals surface area contributed by atoms with Gasteiger partial charge in [-0.1, -0.05) is 35.5 Å². The molecule has 25 heavy (non-hydrogen) atoms. The number of hydrogen-bond donors (Lipinski definition) is 1. The predicted molar refractivity (Wildman–Crippen MR) is 96.1 cm³/mol. The number of likely N-dealkylation sites (N-methyl/N-ethyl adjacent to an activating group) is 1. The molecule has 0 unspecified atom stereocenters. The van der Waals surface area contributed by atoms with E-state index in [2.05, 4.69) is 10.5 Å². The van der Waals surface area contributed by atoms with Crippen molar-refractivity contribution in [2.75, 3.05) is 23.8 Å². The monoisotopic (exact) mass is 337 g/mol. The van der Waals surface area contributed by atoms with Crippen molar-refractivity contribution in [2.24, 2.45) is 0 Å². The summed E-state index contributed by atoms with van der Waals surface area (Å²) in [7, 11) is 1.83. The minimum absolute atomic E-state index is 0.154. The Labute approximate surface area is 146 Å². The lowest BCUT2D eigenvalue weighted by Gasteiger charge is -2.21. The lowest BCUT2D eigenvalue weighted by Crippen LogP contribution is -2.30. The van der Waals surface area contributed by atoms with E-state index in [1.54, 1.807) is 13.0 Å². The molecular weight excluding hydrogens is 318 g/mol. The molecule has 2 aromatic carbocycles. The molecule has 3 rings (SSSR count). The van der Waals surface area contributed by atoms with E-state index < -0.39 is 0 Å². The Balaban J connectivity index is 1.69. The van der Waals surface area contributed by atoms with Gasteiger partial charge in [-0.15, -0.1) is 0 Å². The first-order valence-electron chi connectivity index (χ1n) is 7.88. The summed E-state index contributed by atoms with van der Waals surface area (Å²) in [4.78, 5) is 14.0. The van der Waals surface area contributed by atoms with E-state index >= 15 is 0 Å². The third-order valence-corrected chi connectivity index (χ3v) is 3.52. The molecule has 0 saturated carbocycles. The van der Waals surface area contributed by atoms with Crippen LogP contribution in [0.2, 0.25) is 0 Å². The molecule has 0 aliphatic carbocycles. The largest absolute Gasteiger partial charge is 0.455 e. The number of aromatic nitrogens is 1. The first-order chi connectivity index (χ1) is 12.1. The van der Waals surface area contributed by atoms with Gasteiger partial charge in [0.1, 0.15) is 11.5 Å². The average Bonchev–Trinajstić information content (AvgIpc) is 3.01. The molecule has 1 N–H and O–H groups in total. The Morgan fingerprint density at radius 1 is 1.16 bits per heavy atom. The lowest BCUT2D eigenvalue weighted by atomic mass is 10.2. The number of carbonyl (C=O) groups excluding carboxylic acids is 1. The van der Waals surface area contributed by atoms with Crippen molar-refractivity contribution in [3.63, 3.8) is 0 Å². The molecule has 3 aromatic rings. The molecule has 0 saturated heterocycles. The van der Waals surface area contributed by atoms with Gasteiger partial charge >= 0.3 is 0 Å². The first-order valence-corrected chi connectivity index (χ1v) is 7.88. The summed E-state index contributed by atoms with van der Waals surface area (Å²) < 4.78 is 10.9. The van der Waals surface area contributed by atoms with Gasteiger partial charge in [0.05, 0.1) is 12.2 Å². The molecule has 1 aromatic heterocycles. The van der Waals surface area contributed by atoms with Crippen molar-refractivity contribution in [3.8, 4) is 11.5 Å². The Bertz CT molecular complexity index is 846. The van der Waals surface area contributed by atoms with Gasteiger partial charge < -0.3 is 19.5 Å². The maximum Gasteiger partial charge on any atom is 0.245 e. The van der Waals surface area contributed by atoms with E-state index in [0.29, 0.717) is 17.3 Å². The number of aryl methyl sites for hydroxylation is 1. The number of nitrogens with zero attached hydrogens (tertiary/aromatic N) is 2. The standard InChI is InChI=1S/C19H19N3O3/c1-14-12-18(21-25-14)20-19(23)13-22(2)16-10-6-7-11-17(16)24-15-8-4-3-5-9-15/h3-12H,13H2,1-2H3,(H,20,21,23). The normalized spacial score (nSPS) is 10.3. The number of carbonyl (C=O) groups is 1. The Hall–Kier alpha value is -3.28. The summed E-state index contributed by atoms with van der Waals surface area (Å²) in [5, 5.41) is 6.47. The molecule has 0 aliphatic heterocycles. The van der Waals surface area contributed by atoms with Crippen molar-refractivity contribution < 1.29 is 14.1 Å². The topological polar surface area (TPSA) is 67.6 Å². The number of rotatable bonds is 6. The molecule has 1 heterocycles. The van der Waals surface area contributed by atoms with E-state index in [4.69, 9.17) is 9.26 Å².